The lowest BCUT2D eigenvalue weighted by atomic mass is 9.89. The third-order valence-electron chi connectivity index (χ3n) is 2.71. The molecule has 0 saturated carbocycles. The summed E-state index contributed by atoms with van der Waals surface area (Å²) in [5.41, 5.74) is 2.25. The second kappa shape index (κ2) is 8.09. The molecule has 0 radical (unpaired) electrons. The molecule has 0 bridgehead atoms. The molecule has 0 aromatic carbocycles. The smallest absolute Gasteiger partial charge is 0.142 e. The van der Waals surface area contributed by atoms with Crippen molar-refractivity contribution in [3.8, 4) is 0 Å². The van der Waals surface area contributed by atoms with Gasteiger partial charge in [0, 0.05) is 0 Å². The van der Waals surface area contributed by atoms with Crippen molar-refractivity contribution in [2.45, 2.75) is 40.5 Å². The molecule has 1 nitrogen and oxygen atoms in total. The topological polar surface area (TPSA) is 17.1 Å². The fourth-order valence-corrected chi connectivity index (χ4v) is 1.53. The van der Waals surface area contributed by atoms with Gasteiger partial charge in [-0.1, -0.05) is 43.7 Å². The highest BCUT2D eigenvalue weighted by Gasteiger charge is 2.09. The van der Waals surface area contributed by atoms with E-state index >= 15 is 0 Å². The first-order valence-corrected chi connectivity index (χ1v) is 5.92. The van der Waals surface area contributed by atoms with Gasteiger partial charge in [-0.3, -0.25) is 4.79 Å². The van der Waals surface area contributed by atoms with Crippen LogP contribution >= 0.6 is 0 Å². The average molecular weight is 220 g/mol. The lowest BCUT2D eigenvalue weighted by molar-refractivity contribution is -0.104. The molecule has 0 heterocycles. The van der Waals surface area contributed by atoms with Gasteiger partial charge in [0.1, 0.15) is 6.29 Å². The van der Waals surface area contributed by atoms with E-state index in [1.165, 1.54) is 0 Å². The normalized spacial score (nSPS) is 14.4. The molecule has 0 aromatic rings. The highest BCUT2D eigenvalue weighted by Crippen LogP contribution is 2.21. The van der Waals surface area contributed by atoms with Crippen LogP contribution in [0.2, 0.25) is 0 Å². The molecule has 0 aliphatic rings. The maximum absolute atomic E-state index is 10.3. The van der Waals surface area contributed by atoms with Crippen LogP contribution in [0.5, 0.6) is 0 Å². The fourth-order valence-electron chi connectivity index (χ4n) is 1.53. The van der Waals surface area contributed by atoms with Gasteiger partial charge >= 0.3 is 0 Å². The van der Waals surface area contributed by atoms with Crippen LogP contribution in [0.3, 0.4) is 0 Å². The van der Waals surface area contributed by atoms with Crippen molar-refractivity contribution in [1.82, 2.24) is 0 Å². The highest BCUT2D eigenvalue weighted by molar-refractivity contribution is 5.65. The minimum absolute atomic E-state index is 0.562. The van der Waals surface area contributed by atoms with Crippen molar-refractivity contribution in [2.24, 2.45) is 11.8 Å². The Morgan fingerprint density at radius 3 is 2.38 bits per heavy atom. The molecule has 0 rings (SSSR count). The molecular formula is C15H24O. The van der Waals surface area contributed by atoms with E-state index in [9.17, 15) is 4.79 Å². The maximum Gasteiger partial charge on any atom is 0.142 e. The number of hydrogen-bond acceptors (Lipinski definition) is 1. The van der Waals surface area contributed by atoms with Crippen LogP contribution in [0.15, 0.2) is 36.0 Å². The number of aldehydes is 1. The van der Waals surface area contributed by atoms with Gasteiger partial charge < -0.3 is 0 Å². The minimum Gasteiger partial charge on any atom is -0.299 e. The van der Waals surface area contributed by atoms with Crippen molar-refractivity contribution < 1.29 is 4.79 Å². The van der Waals surface area contributed by atoms with E-state index in [0.717, 1.165) is 30.3 Å². The molecular weight excluding hydrogens is 196 g/mol. The summed E-state index contributed by atoms with van der Waals surface area (Å²) in [6, 6.07) is 0. The zero-order chi connectivity index (χ0) is 12.6. The van der Waals surface area contributed by atoms with Gasteiger partial charge in [-0.25, -0.2) is 0 Å². The van der Waals surface area contributed by atoms with Gasteiger partial charge in [0.15, 0.2) is 0 Å². The first-order chi connectivity index (χ1) is 7.47. The second-order valence-electron chi connectivity index (χ2n) is 4.80. The van der Waals surface area contributed by atoms with Crippen molar-refractivity contribution in [3.05, 3.63) is 36.0 Å². The summed E-state index contributed by atoms with van der Waals surface area (Å²) >= 11 is 0. The molecule has 0 N–H and O–H groups in total. The van der Waals surface area contributed by atoms with Gasteiger partial charge in [-0.15, -0.1) is 0 Å². The number of rotatable bonds is 7. The largest absolute Gasteiger partial charge is 0.299 e. The molecule has 1 heteroatoms. The monoisotopic (exact) mass is 220 g/mol. The van der Waals surface area contributed by atoms with Crippen molar-refractivity contribution in [3.63, 3.8) is 0 Å². The minimum atomic E-state index is 0.562. The Balaban J connectivity index is 4.30. The third kappa shape index (κ3) is 7.22. The van der Waals surface area contributed by atoms with Gasteiger partial charge in [-0.05, 0) is 44.6 Å². The summed E-state index contributed by atoms with van der Waals surface area (Å²) in [6.45, 7) is 12.3. The number of allylic oxidation sites excluding steroid dienone is 5. The Labute approximate surface area is 99.9 Å². The Morgan fingerprint density at radius 1 is 1.31 bits per heavy atom. The second-order valence-corrected chi connectivity index (χ2v) is 4.80. The molecule has 0 fully saturated rings. The van der Waals surface area contributed by atoms with Crippen molar-refractivity contribution in [2.75, 3.05) is 0 Å². The van der Waals surface area contributed by atoms with Crippen molar-refractivity contribution >= 4 is 6.29 Å². The Morgan fingerprint density at radius 2 is 1.94 bits per heavy atom. The summed E-state index contributed by atoms with van der Waals surface area (Å²) in [6.07, 6.45) is 8.92. The molecule has 0 aromatic heterocycles. The van der Waals surface area contributed by atoms with Crippen LogP contribution in [-0.4, -0.2) is 6.29 Å². The number of carbonyl (C=O) groups is 1. The van der Waals surface area contributed by atoms with E-state index in [-0.39, 0.29) is 0 Å². The summed E-state index contributed by atoms with van der Waals surface area (Å²) in [4.78, 5) is 10.3. The zero-order valence-electron chi connectivity index (χ0n) is 11.0. The first kappa shape index (κ1) is 14.9. The van der Waals surface area contributed by atoms with Crippen LogP contribution in [0.25, 0.3) is 0 Å². The van der Waals surface area contributed by atoms with Crippen LogP contribution in [0.1, 0.15) is 40.5 Å². The standard InChI is InChI=1S/C15H24O/c1-12(2)6-8-15(13(3)4)9-7-14(5)10-11-16/h6,8,10-11,13,15H,1,7,9H2,2-5H3/b8-6+,14-10-/t15-/m1/s1. The fraction of sp³-hybridized carbons (Fsp3) is 0.533. The van der Waals surface area contributed by atoms with E-state index in [1.54, 1.807) is 6.08 Å². The van der Waals surface area contributed by atoms with Gasteiger partial charge in [0.05, 0.1) is 0 Å². The van der Waals surface area contributed by atoms with E-state index in [2.05, 4.69) is 32.6 Å². The molecule has 0 unspecified atom stereocenters. The number of carbonyl (C=O) groups excluding carboxylic acids is 1. The summed E-state index contributed by atoms with van der Waals surface area (Å²) in [5, 5.41) is 0. The highest BCUT2D eigenvalue weighted by atomic mass is 16.1. The van der Waals surface area contributed by atoms with Crippen LogP contribution in [0.4, 0.5) is 0 Å². The van der Waals surface area contributed by atoms with E-state index < -0.39 is 0 Å². The number of hydrogen-bond donors (Lipinski definition) is 0. The molecule has 0 aliphatic heterocycles. The molecule has 0 saturated heterocycles. The lowest BCUT2D eigenvalue weighted by Crippen LogP contribution is -2.05. The van der Waals surface area contributed by atoms with Crippen LogP contribution in [-0.2, 0) is 4.79 Å². The molecule has 16 heavy (non-hydrogen) atoms. The van der Waals surface area contributed by atoms with Crippen LogP contribution < -0.4 is 0 Å². The van der Waals surface area contributed by atoms with E-state index in [0.29, 0.717) is 11.8 Å². The predicted octanol–water partition coefficient (Wildman–Crippen LogP) is 4.32. The summed E-state index contributed by atoms with van der Waals surface area (Å²) in [7, 11) is 0. The van der Waals surface area contributed by atoms with E-state index in [4.69, 9.17) is 0 Å². The summed E-state index contributed by atoms with van der Waals surface area (Å²) < 4.78 is 0. The summed E-state index contributed by atoms with van der Waals surface area (Å²) in [5.74, 6) is 1.19. The van der Waals surface area contributed by atoms with E-state index in [1.807, 2.05) is 13.8 Å². The molecule has 0 aliphatic carbocycles. The maximum atomic E-state index is 10.3. The first-order valence-electron chi connectivity index (χ1n) is 5.92. The lowest BCUT2D eigenvalue weighted by Gasteiger charge is -2.17. The zero-order valence-corrected chi connectivity index (χ0v) is 11.0. The Hall–Kier alpha value is -1.11. The van der Waals surface area contributed by atoms with Gasteiger partial charge in [0.2, 0.25) is 0 Å². The predicted molar refractivity (Wildman–Crippen MR) is 71.3 cm³/mol. The van der Waals surface area contributed by atoms with Crippen LogP contribution in [0, 0.1) is 11.8 Å². The average Bonchev–Trinajstić information content (AvgIpc) is 2.17. The molecule has 90 valence electrons. The Bertz CT molecular complexity index is 282. The molecule has 0 amide bonds. The van der Waals surface area contributed by atoms with Gasteiger partial charge in [0.25, 0.3) is 0 Å². The Kier molecular flexibility index (Phi) is 7.53. The quantitative estimate of drug-likeness (QED) is 0.355. The molecule has 1 atom stereocenters. The van der Waals surface area contributed by atoms with Crippen molar-refractivity contribution in [1.29, 1.82) is 0 Å². The third-order valence-corrected chi connectivity index (χ3v) is 2.71. The SMILES string of the molecule is C=C(C)/C=C/[C@H](CC/C(C)=C\C=O)C(C)C. The molecule has 0 spiro atoms. The van der Waals surface area contributed by atoms with Gasteiger partial charge in [-0.2, -0.15) is 0 Å².